The second kappa shape index (κ2) is 15.7. The Morgan fingerprint density at radius 1 is 0.773 bits per heavy atom. The molecule has 0 saturated heterocycles. The Morgan fingerprint density at radius 3 is 1.95 bits per heavy atom. The third-order valence-corrected chi connectivity index (χ3v) is 7.05. The fraction of sp³-hybridized carbons (Fsp3) is 0.382. The van der Waals surface area contributed by atoms with E-state index in [9.17, 15) is 26.3 Å². The number of nitrogens with zero attached hydrogens (tertiary/aromatic N) is 2. The number of aromatic nitrogens is 2. The van der Waals surface area contributed by atoms with Gasteiger partial charge in [-0.15, -0.1) is 0 Å². The van der Waals surface area contributed by atoms with Crippen LogP contribution in [0.2, 0.25) is 0 Å². The van der Waals surface area contributed by atoms with E-state index in [0.29, 0.717) is 35.1 Å². The molecule has 4 nitrogen and oxygen atoms in total. The minimum atomic E-state index is -4.42. The van der Waals surface area contributed by atoms with Crippen molar-refractivity contribution >= 4 is 17.1 Å². The Labute approximate surface area is 255 Å². The number of anilines is 2. The first-order valence-corrected chi connectivity index (χ1v) is 14.7. The van der Waals surface area contributed by atoms with Crippen LogP contribution in [0.4, 0.5) is 37.8 Å². The molecule has 0 radical (unpaired) electrons. The van der Waals surface area contributed by atoms with E-state index in [1.54, 1.807) is 6.20 Å². The lowest BCUT2D eigenvalue weighted by atomic mass is 10.0. The zero-order valence-corrected chi connectivity index (χ0v) is 25.1. The minimum absolute atomic E-state index is 0.146. The lowest BCUT2D eigenvalue weighted by Gasteiger charge is -2.12. The molecule has 10 heteroatoms. The molecule has 0 aliphatic rings. The van der Waals surface area contributed by atoms with Gasteiger partial charge in [-0.05, 0) is 79.5 Å². The molecule has 2 aromatic carbocycles. The largest absolute Gasteiger partial charge is 0.416 e. The number of hydrogen-bond donors (Lipinski definition) is 2. The van der Waals surface area contributed by atoms with Gasteiger partial charge in [0.05, 0.1) is 12.0 Å². The summed E-state index contributed by atoms with van der Waals surface area (Å²) in [7, 11) is 0. The number of hydrogen-bond acceptors (Lipinski definition) is 3. The van der Waals surface area contributed by atoms with Crippen LogP contribution in [-0.2, 0) is 19.1 Å². The van der Waals surface area contributed by atoms with E-state index in [1.165, 1.54) is 54.8 Å². The SMILES string of the molecule is C=C(CCCCC)CCCCC(=C)c1nc(NC(=C)Nc2ccc(CC(F)(F)F)cc2)cn1Cc1ccc(C(F)(F)F)cc1. The fourth-order valence-electron chi connectivity index (χ4n) is 4.75. The zero-order valence-electron chi connectivity index (χ0n) is 25.1. The van der Waals surface area contributed by atoms with Crippen LogP contribution < -0.4 is 10.6 Å². The van der Waals surface area contributed by atoms with Gasteiger partial charge in [-0.1, -0.05) is 69.3 Å². The predicted molar refractivity (Wildman–Crippen MR) is 166 cm³/mol. The molecule has 0 spiro atoms. The van der Waals surface area contributed by atoms with Crippen molar-refractivity contribution in [2.45, 2.75) is 83.6 Å². The summed E-state index contributed by atoms with van der Waals surface area (Å²) in [6.07, 6.45) is 0.0745. The normalized spacial score (nSPS) is 11.8. The van der Waals surface area contributed by atoms with Gasteiger partial charge >= 0.3 is 12.4 Å². The fourth-order valence-corrected chi connectivity index (χ4v) is 4.75. The third-order valence-electron chi connectivity index (χ3n) is 7.05. The Bertz CT molecular complexity index is 1380. The van der Waals surface area contributed by atoms with E-state index in [-0.39, 0.29) is 12.1 Å². The highest BCUT2D eigenvalue weighted by Gasteiger charge is 2.30. The van der Waals surface area contributed by atoms with Gasteiger partial charge in [0, 0.05) is 18.4 Å². The Morgan fingerprint density at radius 2 is 1.36 bits per heavy atom. The van der Waals surface area contributed by atoms with Crippen LogP contribution in [0, 0.1) is 0 Å². The molecule has 3 aromatic rings. The molecule has 0 saturated carbocycles. The Hall–Kier alpha value is -3.95. The molecule has 0 aliphatic heterocycles. The number of alkyl halides is 6. The molecule has 44 heavy (non-hydrogen) atoms. The van der Waals surface area contributed by atoms with E-state index in [1.807, 2.05) is 4.57 Å². The number of benzene rings is 2. The van der Waals surface area contributed by atoms with Crippen molar-refractivity contribution in [1.82, 2.24) is 9.55 Å². The maximum atomic E-state index is 13.1. The van der Waals surface area contributed by atoms with E-state index < -0.39 is 24.3 Å². The van der Waals surface area contributed by atoms with Crippen molar-refractivity contribution in [2.75, 3.05) is 10.6 Å². The lowest BCUT2D eigenvalue weighted by molar-refractivity contribution is -0.137. The molecule has 238 valence electrons. The van der Waals surface area contributed by atoms with Crippen LogP contribution in [0.15, 0.2) is 85.9 Å². The van der Waals surface area contributed by atoms with Crippen molar-refractivity contribution < 1.29 is 26.3 Å². The number of unbranched alkanes of at least 4 members (excludes halogenated alkanes) is 3. The summed E-state index contributed by atoms with van der Waals surface area (Å²) >= 11 is 0. The zero-order chi connectivity index (χ0) is 32.3. The highest BCUT2D eigenvalue weighted by atomic mass is 19.4. The van der Waals surface area contributed by atoms with Crippen molar-refractivity contribution in [2.24, 2.45) is 0 Å². The summed E-state index contributed by atoms with van der Waals surface area (Å²) < 4.78 is 79.0. The molecular formula is C34H40F6N4. The smallest absolute Gasteiger partial charge is 0.342 e. The van der Waals surface area contributed by atoms with Crippen LogP contribution in [0.5, 0.6) is 0 Å². The number of nitrogens with one attached hydrogen (secondary N) is 2. The average molecular weight is 619 g/mol. The summed E-state index contributed by atoms with van der Waals surface area (Å²) in [5, 5.41) is 6.07. The van der Waals surface area contributed by atoms with E-state index >= 15 is 0 Å². The minimum Gasteiger partial charge on any atom is -0.342 e. The molecule has 1 heterocycles. The number of allylic oxidation sites excluding steroid dienone is 2. The quantitative estimate of drug-likeness (QED) is 0.0899. The monoisotopic (exact) mass is 618 g/mol. The Kier molecular flexibility index (Phi) is 12.3. The highest BCUT2D eigenvalue weighted by Crippen LogP contribution is 2.30. The summed E-state index contributed by atoms with van der Waals surface area (Å²) in [5.41, 5.74) is 2.67. The molecule has 0 bridgehead atoms. The van der Waals surface area contributed by atoms with E-state index in [2.05, 4.69) is 37.3 Å². The van der Waals surface area contributed by atoms with Crippen molar-refractivity contribution in [3.05, 3.63) is 108 Å². The second-order valence-corrected chi connectivity index (χ2v) is 11.0. The van der Waals surface area contributed by atoms with Gasteiger partial charge in [0.25, 0.3) is 0 Å². The topological polar surface area (TPSA) is 41.9 Å². The van der Waals surface area contributed by atoms with Crippen LogP contribution in [-0.4, -0.2) is 15.7 Å². The first kappa shape index (κ1) is 34.5. The maximum Gasteiger partial charge on any atom is 0.416 e. The summed E-state index contributed by atoms with van der Waals surface area (Å²) in [6.45, 7) is 14.8. The predicted octanol–water partition coefficient (Wildman–Crippen LogP) is 10.8. The van der Waals surface area contributed by atoms with Crippen molar-refractivity contribution in [3.63, 3.8) is 0 Å². The van der Waals surface area contributed by atoms with E-state index in [4.69, 9.17) is 4.98 Å². The molecule has 0 aliphatic carbocycles. The number of imidazole rings is 1. The van der Waals surface area contributed by atoms with Crippen LogP contribution >= 0.6 is 0 Å². The van der Waals surface area contributed by atoms with Crippen LogP contribution in [0.25, 0.3) is 5.57 Å². The maximum absolute atomic E-state index is 13.1. The summed E-state index contributed by atoms with van der Waals surface area (Å²) in [6, 6.07) is 10.8. The molecule has 3 rings (SSSR count). The molecule has 0 unspecified atom stereocenters. The van der Waals surface area contributed by atoms with Gasteiger partial charge in [-0.3, -0.25) is 0 Å². The van der Waals surface area contributed by atoms with Gasteiger partial charge < -0.3 is 15.2 Å². The highest BCUT2D eigenvalue weighted by molar-refractivity contribution is 5.61. The average Bonchev–Trinajstić information content (AvgIpc) is 3.33. The lowest BCUT2D eigenvalue weighted by Crippen LogP contribution is -2.12. The van der Waals surface area contributed by atoms with Gasteiger partial charge in [-0.2, -0.15) is 26.3 Å². The second-order valence-electron chi connectivity index (χ2n) is 11.0. The van der Waals surface area contributed by atoms with Crippen LogP contribution in [0.1, 0.15) is 80.8 Å². The van der Waals surface area contributed by atoms with Gasteiger partial charge in [0.1, 0.15) is 17.5 Å². The van der Waals surface area contributed by atoms with E-state index in [0.717, 1.165) is 49.8 Å². The molecule has 0 amide bonds. The third kappa shape index (κ3) is 11.6. The molecular weight excluding hydrogens is 578 g/mol. The number of rotatable bonds is 17. The molecule has 1 aromatic heterocycles. The molecule has 2 N–H and O–H groups in total. The first-order valence-electron chi connectivity index (χ1n) is 14.7. The standard InChI is InChI=1S/C34H40F6N4/c1-5-6-7-10-24(2)11-8-9-12-25(3)32-43-31(23-44(32)22-28-13-17-29(18-14-28)34(38,39)40)42-26(4)41-30-19-15-27(16-20-30)21-33(35,36)37/h13-20,23,41-42H,2-12,21-22H2,1H3. The van der Waals surface area contributed by atoms with Crippen molar-refractivity contribution in [3.8, 4) is 0 Å². The first-order chi connectivity index (χ1) is 20.7. The molecule has 0 fully saturated rings. The van der Waals surface area contributed by atoms with Gasteiger partial charge in [0.15, 0.2) is 0 Å². The van der Waals surface area contributed by atoms with Crippen LogP contribution in [0.3, 0.4) is 0 Å². The van der Waals surface area contributed by atoms with Gasteiger partial charge in [-0.25, -0.2) is 4.98 Å². The van der Waals surface area contributed by atoms with Gasteiger partial charge in [0.2, 0.25) is 0 Å². The van der Waals surface area contributed by atoms with Crippen molar-refractivity contribution in [1.29, 1.82) is 0 Å². The summed E-state index contributed by atoms with van der Waals surface area (Å²) in [4.78, 5) is 4.69. The molecule has 0 atom stereocenters. The number of halogens is 6. The summed E-state index contributed by atoms with van der Waals surface area (Å²) in [5.74, 6) is 1.37. The Balaban J connectivity index is 1.69.